The van der Waals surface area contributed by atoms with E-state index in [1.54, 1.807) is 0 Å². The van der Waals surface area contributed by atoms with Crippen LogP contribution in [-0.4, -0.2) is 23.9 Å². The Morgan fingerprint density at radius 2 is 1.89 bits per heavy atom. The number of hydrogen-bond acceptors (Lipinski definition) is 2. The van der Waals surface area contributed by atoms with E-state index in [2.05, 4.69) is 24.5 Å². The van der Waals surface area contributed by atoms with Crippen molar-refractivity contribution in [1.29, 1.82) is 0 Å². The molecule has 104 valence electrons. The molecule has 0 bridgehead atoms. The van der Waals surface area contributed by atoms with Crippen LogP contribution in [0.15, 0.2) is 0 Å². The smallest absolute Gasteiger partial charge is 0.243 e. The lowest BCUT2D eigenvalue weighted by molar-refractivity contribution is -0.129. The van der Waals surface area contributed by atoms with Crippen LogP contribution in [0, 0.1) is 11.3 Å². The van der Waals surface area contributed by atoms with Crippen molar-refractivity contribution in [1.82, 2.24) is 10.6 Å². The summed E-state index contributed by atoms with van der Waals surface area (Å²) >= 11 is 0. The van der Waals surface area contributed by atoms with E-state index in [1.165, 1.54) is 6.92 Å². The SMILES string of the molecule is CC(=O)NC(C(=O)NC1CCC(C)(C)C1)C(C)C. The number of hydrogen-bond donors (Lipinski definition) is 2. The van der Waals surface area contributed by atoms with E-state index >= 15 is 0 Å². The largest absolute Gasteiger partial charge is 0.352 e. The molecule has 18 heavy (non-hydrogen) atoms. The van der Waals surface area contributed by atoms with Crippen molar-refractivity contribution in [2.24, 2.45) is 11.3 Å². The van der Waals surface area contributed by atoms with Gasteiger partial charge in [-0.05, 0) is 30.6 Å². The second-order valence-corrected chi connectivity index (χ2v) is 6.53. The van der Waals surface area contributed by atoms with Crippen LogP contribution in [0.2, 0.25) is 0 Å². The zero-order valence-electron chi connectivity index (χ0n) is 12.2. The van der Waals surface area contributed by atoms with Gasteiger partial charge in [-0.3, -0.25) is 9.59 Å². The van der Waals surface area contributed by atoms with Crippen LogP contribution < -0.4 is 10.6 Å². The van der Waals surface area contributed by atoms with Gasteiger partial charge in [-0.25, -0.2) is 0 Å². The minimum Gasteiger partial charge on any atom is -0.352 e. The molecule has 0 aromatic carbocycles. The molecule has 0 aliphatic heterocycles. The summed E-state index contributed by atoms with van der Waals surface area (Å²) < 4.78 is 0. The molecular formula is C14H26N2O2. The predicted octanol–water partition coefficient (Wildman–Crippen LogP) is 1.84. The molecule has 1 saturated carbocycles. The molecule has 1 aliphatic carbocycles. The molecular weight excluding hydrogens is 228 g/mol. The Hall–Kier alpha value is -1.06. The molecule has 1 fully saturated rings. The first-order chi connectivity index (χ1) is 8.21. The third-order valence-electron chi connectivity index (χ3n) is 3.62. The highest BCUT2D eigenvalue weighted by Gasteiger charge is 2.33. The van der Waals surface area contributed by atoms with E-state index in [9.17, 15) is 9.59 Å². The van der Waals surface area contributed by atoms with Gasteiger partial charge in [-0.1, -0.05) is 27.7 Å². The van der Waals surface area contributed by atoms with Crippen LogP contribution in [0.1, 0.15) is 53.9 Å². The van der Waals surface area contributed by atoms with Crippen LogP contribution in [-0.2, 0) is 9.59 Å². The van der Waals surface area contributed by atoms with Gasteiger partial charge in [0, 0.05) is 13.0 Å². The van der Waals surface area contributed by atoms with Gasteiger partial charge < -0.3 is 10.6 Å². The van der Waals surface area contributed by atoms with Gasteiger partial charge in [0.1, 0.15) is 6.04 Å². The topological polar surface area (TPSA) is 58.2 Å². The molecule has 1 rings (SSSR count). The Morgan fingerprint density at radius 1 is 1.28 bits per heavy atom. The number of carbonyl (C=O) groups is 2. The lowest BCUT2D eigenvalue weighted by Crippen LogP contribution is -2.51. The number of amides is 2. The summed E-state index contributed by atoms with van der Waals surface area (Å²) in [5.74, 6) is -0.109. The Balaban J connectivity index is 2.54. The number of carbonyl (C=O) groups excluding carboxylic acids is 2. The van der Waals surface area contributed by atoms with E-state index in [0.29, 0.717) is 5.41 Å². The maximum Gasteiger partial charge on any atom is 0.243 e. The van der Waals surface area contributed by atoms with Crippen molar-refractivity contribution >= 4 is 11.8 Å². The minimum absolute atomic E-state index is 0.0529. The van der Waals surface area contributed by atoms with Gasteiger partial charge in [0.05, 0.1) is 0 Å². The maximum atomic E-state index is 12.2. The zero-order valence-corrected chi connectivity index (χ0v) is 12.2. The Morgan fingerprint density at radius 3 is 2.28 bits per heavy atom. The van der Waals surface area contributed by atoms with Crippen molar-refractivity contribution < 1.29 is 9.59 Å². The fourth-order valence-electron chi connectivity index (χ4n) is 2.60. The normalized spacial score (nSPS) is 23.8. The van der Waals surface area contributed by atoms with Crippen LogP contribution in [0.3, 0.4) is 0 Å². The first-order valence-corrected chi connectivity index (χ1v) is 6.79. The zero-order chi connectivity index (χ0) is 13.9. The molecule has 2 N–H and O–H groups in total. The molecule has 0 radical (unpaired) electrons. The average molecular weight is 254 g/mol. The highest BCUT2D eigenvalue weighted by atomic mass is 16.2. The average Bonchev–Trinajstić information content (AvgIpc) is 2.53. The molecule has 0 saturated heterocycles. The van der Waals surface area contributed by atoms with Gasteiger partial charge in [-0.2, -0.15) is 0 Å². The summed E-state index contributed by atoms with van der Waals surface area (Å²) in [6, 6.07) is -0.172. The highest BCUT2D eigenvalue weighted by Crippen LogP contribution is 2.36. The molecule has 0 aromatic heterocycles. The third kappa shape index (κ3) is 4.31. The molecule has 1 aliphatic rings. The number of nitrogens with one attached hydrogen (secondary N) is 2. The number of rotatable bonds is 4. The summed E-state index contributed by atoms with van der Waals surface area (Å²) in [6.07, 6.45) is 3.19. The molecule has 0 heterocycles. The van der Waals surface area contributed by atoms with Crippen molar-refractivity contribution in [3.63, 3.8) is 0 Å². The minimum atomic E-state index is -0.425. The van der Waals surface area contributed by atoms with E-state index in [-0.39, 0.29) is 23.8 Å². The first-order valence-electron chi connectivity index (χ1n) is 6.79. The third-order valence-corrected chi connectivity index (χ3v) is 3.62. The standard InChI is InChI=1S/C14H26N2O2/c1-9(2)12(15-10(3)17)13(18)16-11-6-7-14(4,5)8-11/h9,11-12H,6-8H2,1-5H3,(H,15,17)(H,16,18). The van der Waals surface area contributed by atoms with E-state index < -0.39 is 6.04 Å². The summed E-state index contributed by atoms with van der Waals surface area (Å²) in [4.78, 5) is 23.3. The summed E-state index contributed by atoms with van der Waals surface area (Å²) in [5, 5.41) is 5.79. The Bertz CT molecular complexity index is 324. The van der Waals surface area contributed by atoms with Crippen LogP contribution in [0.25, 0.3) is 0 Å². The van der Waals surface area contributed by atoms with Crippen LogP contribution >= 0.6 is 0 Å². The van der Waals surface area contributed by atoms with Crippen molar-refractivity contribution in [3.8, 4) is 0 Å². The first kappa shape index (κ1) is 15.0. The summed E-state index contributed by atoms with van der Waals surface area (Å²) in [5.41, 5.74) is 0.319. The Labute approximate surface area is 110 Å². The second-order valence-electron chi connectivity index (χ2n) is 6.53. The molecule has 0 spiro atoms. The van der Waals surface area contributed by atoms with Crippen molar-refractivity contribution in [2.75, 3.05) is 0 Å². The molecule has 2 amide bonds. The van der Waals surface area contributed by atoms with E-state index in [1.807, 2.05) is 13.8 Å². The maximum absolute atomic E-state index is 12.2. The Kier molecular flexibility index (Phi) is 4.77. The van der Waals surface area contributed by atoms with Crippen LogP contribution in [0.5, 0.6) is 0 Å². The lowest BCUT2D eigenvalue weighted by Gasteiger charge is -2.24. The molecule has 4 heteroatoms. The molecule has 4 nitrogen and oxygen atoms in total. The molecule has 2 unspecified atom stereocenters. The van der Waals surface area contributed by atoms with Crippen molar-refractivity contribution in [2.45, 2.75) is 66.0 Å². The fourth-order valence-corrected chi connectivity index (χ4v) is 2.60. The molecule has 2 atom stereocenters. The monoisotopic (exact) mass is 254 g/mol. The van der Waals surface area contributed by atoms with Gasteiger partial charge >= 0.3 is 0 Å². The quantitative estimate of drug-likeness (QED) is 0.804. The van der Waals surface area contributed by atoms with Gasteiger partial charge in [-0.15, -0.1) is 0 Å². The predicted molar refractivity (Wildman–Crippen MR) is 72.0 cm³/mol. The fraction of sp³-hybridized carbons (Fsp3) is 0.857. The summed E-state index contributed by atoms with van der Waals surface area (Å²) in [6.45, 7) is 9.79. The second kappa shape index (κ2) is 5.72. The van der Waals surface area contributed by atoms with Crippen molar-refractivity contribution in [3.05, 3.63) is 0 Å². The van der Waals surface area contributed by atoms with Crippen LogP contribution in [0.4, 0.5) is 0 Å². The lowest BCUT2D eigenvalue weighted by atomic mass is 9.92. The van der Waals surface area contributed by atoms with Gasteiger partial charge in [0.2, 0.25) is 11.8 Å². The van der Waals surface area contributed by atoms with Gasteiger partial charge in [0.25, 0.3) is 0 Å². The summed E-state index contributed by atoms with van der Waals surface area (Å²) in [7, 11) is 0. The van der Waals surface area contributed by atoms with Gasteiger partial charge in [0.15, 0.2) is 0 Å². The van der Waals surface area contributed by atoms with E-state index in [4.69, 9.17) is 0 Å². The highest BCUT2D eigenvalue weighted by molar-refractivity contribution is 5.87. The van der Waals surface area contributed by atoms with E-state index in [0.717, 1.165) is 19.3 Å². The molecule has 0 aromatic rings.